The zero-order valence-corrected chi connectivity index (χ0v) is 17.2. The van der Waals surface area contributed by atoms with Crippen molar-refractivity contribution in [3.63, 3.8) is 0 Å². The molecule has 0 aliphatic rings. The minimum absolute atomic E-state index is 0.0130. The van der Waals surface area contributed by atoms with E-state index in [2.05, 4.69) is 31.3 Å². The summed E-state index contributed by atoms with van der Waals surface area (Å²) in [5.41, 5.74) is 5.51. The van der Waals surface area contributed by atoms with Gasteiger partial charge in [-0.3, -0.25) is 9.52 Å². The van der Waals surface area contributed by atoms with Gasteiger partial charge in [0.1, 0.15) is 10.9 Å². The van der Waals surface area contributed by atoms with Crippen molar-refractivity contribution in [3.05, 3.63) is 52.0 Å². The number of amides is 3. The lowest BCUT2D eigenvalue weighted by Gasteiger charge is -2.14. The van der Waals surface area contributed by atoms with E-state index >= 15 is 0 Å². The fourth-order valence-corrected chi connectivity index (χ4v) is 3.89. The number of nitrogens with two attached hydrogens (primary N) is 1. The number of hydrogen-bond acceptors (Lipinski definition) is 4. The maximum Gasteiger partial charge on any atom is 0.312 e. The van der Waals surface area contributed by atoms with Gasteiger partial charge >= 0.3 is 6.03 Å². The summed E-state index contributed by atoms with van der Waals surface area (Å²) in [6, 6.07) is 8.78. The first-order valence-electron chi connectivity index (χ1n) is 7.53. The molecule has 0 bridgehead atoms. The number of carbonyl (C=O) groups is 2. The molecule has 0 aliphatic carbocycles. The SMILES string of the molecule is C[C@@H](NC(N)=O)C(=O)Nc1ccc(Cl)c(S(=O)(=O)Nc2ccc(Br)cc2)c1. The second-order valence-corrected chi connectivity index (χ2v) is 8.45. The normalized spacial score (nSPS) is 12.1. The number of primary amides is 1. The molecule has 0 aliphatic heterocycles. The van der Waals surface area contributed by atoms with E-state index in [1.165, 1.54) is 25.1 Å². The first-order valence-corrected chi connectivity index (χ1v) is 10.2. The summed E-state index contributed by atoms with van der Waals surface area (Å²) in [6.45, 7) is 1.43. The van der Waals surface area contributed by atoms with Gasteiger partial charge < -0.3 is 16.4 Å². The van der Waals surface area contributed by atoms with Crippen molar-refractivity contribution in [2.45, 2.75) is 17.9 Å². The summed E-state index contributed by atoms with van der Waals surface area (Å²) < 4.78 is 28.5. The Morgan fingerprint density at radius 3 is 2.30 bits per heavy atom. The maximum absolute atomic E-state index is 12.6. The van der Waals surface area contributed by atoms with E-state index in [4.69, 9.17) is 17.3 Å². The largest absolute Gasteiger partial charge is 0.352 e. The minimum Gasteiger partial charge on any atom is -0.352 e. The molecule has 0 saturated heterocycles. The molecular formula is C16H16BrClN4O4S. The number of benzene rings is 2. The number of sulfonamides is 1. The summed E-state index contributed by atoms with van der Waals surface area (Å²) in [4.78, 5) is 22.6. The van der Waals surface area contributed by atoms with E-state index in [0.717, 1.165) is 4.47 Å². The van der Waals surface area contributed by atoms with Gasteiger partial charge in [-0.05, 0) is 49.4 Å². The van der Waals surface area contributed by atoms with Crippen LogP contribution in [-0.4, -0.2) is 26.4 Å². The molecule has 0 aromatic heterocycles. The van der Waals surface area contributed by atoms with Crippen LogP contribution in [0.2, 0.25) is 5.02 Å². The molecule has 11 heteroatoms. The topological polar surface area (TPSA) is 130 Å². The molecule has 0 unspecified atom stereocenters. The third kappa shape index (κ3) is 5.84. The van der Waals surface area contributed by atoms with Crippen molar-refractivity contribution in [1.82, 2.24) is 5.32 Å². The highest BCUT2D eigenvalue weighted by molar-refractivity contribution is 9.10. The Morgan fingerprint density at radius 1 is 1.11 bits per heavy atom. The summed E-state index contributed by atoms with van der Waals surface area (Å²) in [5.74, 6) is -0.569. The van der Waals surface area contributed by atoms with E-state index in [-0.39, 0.29) is 15.6 Å². The lowest BCUT2D eigenvalue weighted by molar-refractivity contribution is -0.117. The average molecular weight is 476 g/mol. The molecule has 2 aromatic rings. The Hall–Kier alpha value is -2.30. The van der Waals surface area contributed by atoms with Gasteiger partial charge in [-0.25, -0.2) is 13.2 Å². The Labute approximate surface area is 169 Å². The average Bonchev–Trinajstić information content (AvgIpc) is 2.57. The fourth-order valence-electron chi connectivity index (χ4n) is 2.04. The molecule has 2 aromatic carbocycles. The van der Waals surface area contributed by atoms with Crippen LogP contribution in [0.25, 0.3) is 0 Å². The molecule has 3 amide bonds. The Kier molecular flexibility index (Phi) is 6.68. The number of halogens is 2. The van der Waals surface area contributed by atoms with Crippen molar-refractivity contribution < 1.29 is 18.0 Å². The third-order valence-electron chi connectivity index (χ3n) is 3.34. The molecule has 27 heavy (non-hydrogen) atoms. The van der Waals surface area contributed by atoms with Crippen molar-refractivity contribution in [2.75, 3.05) is 10.0 Å². The van der Waals surface area contributed by atoms with Gasteiger partial charge in [0.25, 0.3) is 10.0 Å². The molecule has 0 saturated carbocycles. The number of hydrogen-bond donors (Lipinski definition) is 4. The molecule has 0 heterocycles. The molecule has 0 fully saturated rings. The van der Waals surface area contributed by atoms with Crippen LogP contribution in [0, 0.1) is 0 Å². The quantitative estimate of drug-likeness (QED) is 0.511. The summed E-state index contributed by atoms with van der Waals surface area (Å²) >= 11 is 9.30. The van der Waals surface area contributed by atoms with E-state index in [1.54, 1.807) is 24.3 Å². The molecule has 0 radical (unpaired) electrons. The van der Waals surface area contributed by atoms with Crippen LogP contribution < -0.4 is 21.1 Å². The Balaban J connectivity index is 2.24. The highest BCUT2D eigenvalue weighted by Gasteiger charge is 2.20. The van der Waals surface area contributed by atoms with Gasteiger partial charge in [0.05, 0.1) is 5.02 Å². The second kappa shape index (κ2) is 8.59. The molecule has 5 N–H and O–H groups in total. The maximum atomic E-state index is 12.6. The van der Waals surface area contributed by atoms with E-state index in [9.17, 15) is 18.0 Å². The summed E-state index contributed by atoms with van der Waals surface area (Å²) in [6.07, 6.45) is 0. The third-order valence-corrected chi connectivity index (χ3v) is 5.73. The zero-order valence-electron chi connectivity index (χ0n) is 14.0. The molecular weight excluding hydrogens is 460 g/mol. The van der Waals surface area contributed by atoms with Crippen LogP contribution >= 0.6 is 27.5 Å². The van der Waals surface area contributed by atoms with Gasteiger partial charge in [0.2, 0.25) is 5.91 Å². The number of nitrogens with one attached hydrogen (secondary N) is 3. The van der Waals surface area contributed by atoms with Crippen LogP contribution in [0.3, 0.4) is 0 Å². The second-order valence-electron chi connectivity index (χ2n) is 5.48. The van der Waals surface area contributed by atoms with Crippen molar-refractivity contribution in [3.8, 4) is 0 Å². The molecule has 1 atom stereocenters. The van der Waals surface area contributed by atoms with E-state index in [1.807, 2.05) is 0 Å². The van der Waals surface area contributed by atoms with Gasteiger partial charge in [-0.2, -0.15) is 0 Å². The van der Waals surface area contributed by atoms with E-state index < -0.39 is 28.0 Å². The molecule has 8 nitrogen and oxygen atoms in total. The standard InChI is InChI=1S/C16H16BrClN4O4S/c1-9(20-16(19)24)15(23)21-12-6-7-13(18)14(8-12)27(25,26)22-11-4-2-10(17)3-5-11/h2-9,22H,1H3,(H,21,23)(H3,19,20,24)/t9-/m1/s1. The number of carbonyl (C=O) groups excluding carboxylic acids is 2. The highest BCUT2D eigenvalue weighted by Crippen LogP contribution is 2.27. The predicted octanol–water partition coefficient (Wildman–Crippen LogP) is 2.90. The number of rotatable bonds is 6. The van der Waals surface area contributed by atoms with E-state index in [0.29, 0.717) is 5.69 Å². The lowest BCUT2D eigenvalue weighted by Crippen LogP contribution is -2.44. The van der Waals surface area contributed by atoms with Crippen molar-refractivity contribution in [2.24, 2.45) is 5.73 Å². The lowest BCUT2D eigenvalue weighted by atomic mass is 10.2. The van der Waals surface area contributed by atoms with Gasteiger partial charge in [0.15, 0.2) is 0 Å². The summed E-state index contributed by atoms with van der Waals surface area (Å²) in [7, 11) is -3.99. The van der Waals surface area contributed by atoms with Crippen LogP contribution in [0.5, 0.6) is 0 Å². The number of urea groups is 1. The first kappa shape index (κ1) is 21.0. The minimum atomic E-state index is -3.99. The van der Waals surface area contributed by atoms with Gasteiger partial charge in [-0.1, -0.05) is 27.5 Å². The predicted molar refractivity (Wildman–Crippen MR) is 107 cm³/mol. The smallest absolute Gasteiger partial charge is 0.312 e. The fraction of sp³-hybridized carbons (Fsp3) is 0.125. The van der Waals surface area contributed by atoms with Crippen molar-refractivity contribution >= 4 is 60.9 Å². The Morgan fingerprint density at radius 2 is 1.70 bits per heavy atom. The molecule has 144 valence electrons. The molecule has 2 rings (SSSR count). The van der Waals surface area contributed by atoms with Crippen molar-refractivity contribution in [1.29, 1.82) is 0 Å². The van der Waals surface area contributed by atoms with Crippen LogP contribution in [0.1, 0.15) is 6.92 Å². The first-order chi connectivity index (χ1) is 12.6. The number of anilines is 2. The molecule has 0 spiro atoms. The van der Waals surface area contributed by atoms with Gasteiger partial charge in [-0.15, -0.1) is 0 Å². The van der Waals surface area contributed by atoms with Gasteiger partial charge in [0, 0.05) is 15.8 Å². The zero-order chi connectivity index (χ0) is 20.2. The summed E-state index contributed by atoms with van der Waals surface area (Å²) in [5, 5.41) is 4.70. The van der Waals surface area contributed by atoms with Crippen LogP contribution in [0.15, 0.2) is 51.8 Å². The van der Waals surface area contributed by atoms with Crippen LogP contribution in [-0.2, 0) is 14.8 Å². The highest BCUT2D eigenvalue weighted by atomic mass is 79.9. The monoisotopic (exact) mass is 474 g/mol. The Bertz CT molecular complexity index is 967. The van der Waals surface area contributed by atoms with Crippen LogP contribution in [0.4, 0.5) is 16.2 Å².